The van der Waals surface area contributed by atoms with Gasteiger partial charge in [0.15, 0.2) is 11.6 Å². The summed E-state index contributed by atoms with van der Waals surface area (Å²) in [5.41, 5.74) is 4.40. The van der Waals surface area contributed by atoms with Crippen LogP contribution in [0.15, 0.2) is 58.1 Å². The zero-order valence-corrected chi connectivity index (χ0v) is 16.3. The topological polar surface area (TPSA) is 95.8 Å². The fourth-order valence-electron chi connectivity index (χ4n) is 3.44. The largest absolute Gasteiger partial charge is 0.442 e. The maximum absolute atomic E-state index is 13.1. The zero-order valence-electron chi connectivity index (χ0n) is 16.3. The third kappa shape index (κ3) is 3.29. The average Bonchev–Trinajstić information content (AvgIpc) is 3.22. The molecule has 0 bridgehead atoms. The van der Waals surface area contributed by atoms with Gasteiger partial charge in [0, 0.05) is 35.0 Å². The van der Waals surface area contributed by atoms with E-state index in [-0.39, 0.29) is 24.0 Å². The highest BCUT2D eigenvalue weighted by Crippen LogP contribution is 2.24. The maximum Gasteiger partial charge on any atom is 0.442 e. The van der Waals surface area contributed by atoms with Gasteiger partial charge in [-0.3, -0.25) is 9.32 Å². The molecule has 0 radical (unpaired) electrons. The number of nitrogens with zero attached hydrogens (tertiary/aromatic N) is 5. The Morgan fingerprint density at radius 2 is 1.79 bits per heavy atom. The Bertz CT molecular complexity index is 1250. The molecule has 146 valence electrons. The van der Waals surface area contributed by atoms with E-state index in [0.717, 1.165) is 27.2 Å². The lowest BCUT2D eigenvalue weighted by Gasteiger charge is -2.12. The summed E-state index contributed by atoms with van der Waals surface area (Å²) in [6, 6.07) is 11.5. The maximum atomic E-state index is 13.1. The average molecular weight is 389 g/mol. The van der Waals surface area contributed by atoms with Crippen LogP contribution < -0.4 is 5.76 Å². The van der Waals surface area contributed by atoms with Crippen molar-refractivity contribution in [3.8, 4) is 17.3 Å². The summed E-state index contributed by atoms with van der Waals surface area (Å²) in [6.45, 7) is 5.65. The van der Waals surface area contributed by atoms with Crippen molar-refractivity contribution in [1.29, 1.82) is 0 Å². The number of carbonyl (C=O) groups is 1. The standard InChI is InChI=1S/C21H19N5O3/c1-13-7-4-5-8-17(13)26-14(2)11-16(15(26)3)18(27)12-25-20(24-29-21(25)28)19-22-9-6-10-23-19/h4-11H,12H2,1-3H3. The smallest absolute Gasteiger partial charge is 0.317 e. The normalized spacial score (nSPS) is 11.0. The second-order valence-electron chi connectivity index (χ2n) is 6.76. The second-order valence-corrected chi connectivity index (χ2v) is 6.76. The molecule has 0 atom stereocenters. The van der Waals surface area contributed by atoms with E-state index in [0.29, 0.717) is 5.56 Å². The third-order valence-corrected chi connectivity index (χ3v) is 4.84. The third-order valence-electron chi connectivity index (χ3n) is 4.84. The van der Waals surface area contributed by atoms with Crippen LogP contribution in [0.3, 0.4) is 0 Å². The van der Waals surface area contributed by atoms with Crippen molar-refractivity contribution in [2.24, 2.45) is 0 Å². The number of hydrogen-bond acceptors (Lipinski definition) is 6. The Morgan fingerprint density at radius 3 is 2.52 bits per heavy atom. The molecule has 4 aromatic rings. The highest BCUT2D eigenvalue weighted by Gasteiger charge is 2.22. The molecule has 0 aliphatic rings. The summed E-state index contributed by atoms with van der Waals surface area (Å²) >= 11 is 0. The summed E-state index contributed by atoms with van der Waals surface area (Å²) in [5, 5.41) is 3.73. The van der Waals surface area contributed by atoms with Crippen molar-refractivity contribution in [1.82, 2.24) is 24.3 Å². The van der Waals surface area contributed by atoms with E-state index in [1.54, 1.807) is 6.07 Å². The molecule has 0 amide bonds. The molecule has 0 spiro atoms. The number of carbonyl (C=O) groups excluding carboxylic acids is 1. The Morgan fingerprint density at radius 1 is 1.07 bits per heavy atom. The lowest BCUT2D eigenvalue weighted by molar-refractivity contribution is 0.0969. The van der Waals surface area contributed by atoms with Gasteiger partial charge in [-0.25, -0.2) is 19.3 Å². The molecule has 29 heavy (non-hydrogen) atoms. The molecule has 0 saturated carbocycles. The van der Waals surface area contributed by atoms with Crippen molar-refractivity contribution in [2.75, 3.05) is 0 Å². The molecule has 1 aromatic carbocycles. The van der Waals surface area contributed by atoms with Gasteiger partial charge in [0.2, 0.25) is 5.82 Å². The first-order valence-corrected chi connectivity index (χ1v) is 9.09. The second kappa shape index (κ2) is 7.31. The van der Waals surface area contributed by atoms with E-state index in [4.69, 9.17) is 4.52 Å². The van der Waals surface area contributed by atoms with Crippen LogP contribution in [0.1, 0.15) is 27.3 Å². The van der Waals surface area contributed by atoms with Gasteiger partial charge in [0.05, 0.1) is 6.54 Å². The summed E-state index contributed by atoms with van der Waals surface area (Å²) in [6.07, 6.45) is 3.06. The Labute approximate surface area is 166 Å². The summed E-state index contributed by atoms with van der Waals surface area (Å²) in [5.74, 6) is -0.609. The molecule has 0 fully saturated rings. The zero-order chi connectivity index (χ0) is 20.5. The molecular formula is C21H19N5O3. The van der Waals surface area contributed by atoms with E-state index in [1.807, 2.05) is 55.7 Å². The lowest BCUT2D eigenvalue weighted by Crippen LogP contribution is -2.22. The van der Waals surface area contributed by atoms with Crippen molar-refractivity contribution in [2.45, 2.75) is 27.3 Å². The van der Waals surface area contributed by atoms with Crippen LogP contribution in [0, 0.1) is 20.8 Å². The first-order valence-electron chi connectivity index (χ1n) is 9.09. The van der Waals surface area contributed by atoms with Gasteiger partial charge in [-0.05, 0) is 44.5 Å². The molecule has 0 unspecified atom stereocenters. The molecule has 4 rings (SSSR count). The van der Waals surface area contributed by atoms with Gasteiger partial charge in [-0.1, -0.05) is 23.4 Å². The highest BCUT2D eigenvalue weighted by molar-refractivity contribution is 5.97. The van der Waals surface area contributed by atoms with Crippen LogP contribution in [0.2, 0.25) is 0 Å². The van der Waals surface area contributed by atoms with Crippen molar-refractivity contribution < 1.29 is 9.32 Å². The summed E-state index contributed by atoms with van der Waals surface area (Å²) in [7, 11) is 0. The molecule has 0 aliphatic heterocycles. The fraction of sp³-hybridized carbons (Fsp3) is 0.190. The first-order chi connectivity index (χ1) is 14.0. The molecule has 8 heteroatoms. The predicted octanol–water partition coefficient (Wildman–Crippen LogP) is 2.89. The van der Waals surface area contributed by atoms with Crippen molar-refractivity contribution in [3.63, 3.8) is 0 Å². The van der Waals surface area contributed by atoms with Crippen LogP contribution in [0.4, 0.5) is 0 Å². The molecule has 0 aliphatic carbocycles. The van der Waals surface area contributed by atoms with E-state index in [9.17, 15) is 9.59 Å². The number of hydrogen-bond donors (Lipinski definition) is 0. The Balaban J connectivity index is 1.72. The molecule has 0 N–H and O–H groups in total. The van der Waals surface area contributed by atoms with Gasteiger partial charge in [0.25, 0.3) is 0 Å². The Hall–Kier alpha value is -3.81. The minimum Gasteiger partial charge on any atom is -0.317 e. The molecule has 0 saturated heterocycles. The highest BCUT2D eigenvalue weighted by atomic mass is 16.5. The first kappa shape index (κ1) is 18.5. The van der Waals surface area contributed by atoms with Gasteiger partial charge in [-0.15, -0.1) is 0 Å². The monoisotopic (exact) mass is 389 g/mol. The number of benzene rings is 1. The quantitative estimate of drug-likeness (QED) is 0.487. The van der Waals surface area contributed by atoms with Crippen molar-refractivity contribution in [3.05, 3.63) is 81.9 Å². The predicted molar refractivity (Wildman–Crippen MR) is 106 cm³/mol. The van der Waals surface area contributed by atoms with Crippen LogP contribution >= 0.6 is 0 Å². The number of rotatable bonds is 5. The Kier molecular flexibility index (Phi) is 4.67. The molecular weight excluding hydrogens is 370 g/mol. The summed E-state index contributed by atoms with van der Waals surface area (Å²) in [4.78, 5) is 33.4. The van der Waals surface area contributed by atoms with Gasteiger partial charge in [-0.2, -0.15) is 0 Å². The number of para-hydroxylation sites is 1. The minimum absolute atomic E-state index is 0.122. The summed E-state index contributed by atoms with van der Waals surface area (Å²) < 4.78 is 7.94. The minimum atomic E-state index is -0.728. The van der Waals surface area contributed by atoms with E-state index in [2.05, 4.69) is 15.1 Å². The van der Waals surface area contributed by atoms with Gasteiger partial charge in [0.1, 0.15) is 0 Å². The van der Waals surface area contributed by atoms with Crippen LogP contribution in [-0.2, 0) is 6.54 Å². The fourth-order valence-corrected chi connectivity index (χ4v) is 3.44. The molecule has 3 heterocycles. The van der Waals surface area contributed by atoms with Gasteiger partial charge < -0.3 is 4.57 Å². The number of Topliss-reactive ketones (excluding diaryl/α,β-unsaturated/α-hetero) is 1. The van der Waals surface area contributed by atoms with Crippen LogP contribution in [-0.4, -0.2) is 30.0 Å². The lowest BCUT2D eigenvalue weighted by atomic mass is 10.1. The molecule has 8 nitrogen and oxygen atoms in total. The van der Waals surface area contributed by atoms with E-state index < -0.39 is 5.76 Å². The molecule has 3 aromatic heterocycles. The number of aromatic nitrogens is 5. The van der Waals surface area contributed by atoms with Gasteiger partial charge >= 0.3 is 5.76 Å². The SMILES string of the molecule is Cc1ccccc1-n1c(C)cc(C(=O)Cn2c(-c3ncccn3)noc2=O)c1C. The van der Waals surface area contributed by atoms with Crippen molar-refractivity contribution >= 4 is 5.78 Å². The number of aryl methyl sites for hydroxylation is 2. The van der Waals surface area contributed by atoms with Crippen LogP contribution in [0.5, 0.6) is 0 Å². The van der Waals surface area contributed by atoms with E-state index >= 15 is 0 Å². The van der Waals surface area contributed by atoms with E-state index in [1.165, 1.54) is 12.4 Å². The number of ketones is 1. The van der Waals surface area contributed by atoms with Crippen LogP contribution in [0.25, 0.3) is 17.3 Å².